The summed E-state index contributed by atoms with van der Waals surface area (Å²) in [5.74, 6) is -0.345. The van der Waals surface area contributed by atoms with Gasteiger partial charge in [-0.25, -0.2) is 0 Å². The number of aliphatic hydroxyl groups excluding tert-OH is 4. The van der Waals surface area contributed by atoms with Crippen LogP contribution in [0.4, 0.5) is 0 Å². The highest BCUT2D eigenvalue weighted by Crippen LogP contribution is 2.22. The zero-order chi connectivity index (χ0) is 41.4. The van der Waals surface area contributed by atoms with Gasteiger partial charge in [0.05, 0.1) is 19.8 Å². The first kappa shape index (κ1) is 52.4. The van der Waals surface area contributed by atoms with Crippen LogP contribution >= 0.6 is 0 Å². The van der Waals surface area contributed by atoms with Crippen LogP contribution in [0.15, 0.2) is 85.1 Å². The van der Waals surface area contributed by atoms with Gasteiger partial charge in [0.2, 0.25) is 0 Å². The zero-order valence-electron chi connectivity index (χ0n) is 35.6. The van der Waals surface area contributed by atoms with Gasteiger partial charge in [-0.05, 0) is 83.5 Å². The smallest absolute Gasteiger partial charge is 0.306 e. The van der Waals surface area contributed by atoms with Crippen molar-refractivity contribution in [3.63, 3.8) is 0 Å². The number of carbonyl (C=O) groups excluding carboxylic acids is 1. The Labute approximate surface area is 346 Å². The van der Waals surface area contributed by atoms with Gasteiger partial charge < -0.3 is 39.4 Å². The summed E-state index contributed by atoms with van der Waals surface area (Å²) in [6, 6.07) is 0. The summed E-state index contributed by atoms with van der Waals surface area (Å²) in [4.78, 5) is 12.8. The Morgan fingerprint density at radius 3 is 1.63 bits per heavy atom. The number of esters is 1. The van der Waals surface area contributed by atoms with Gasteiger partial charge in [-0.2, -0.15) is 0 Å². The van der Waals surface area contributed by atoms with Gasteiger partial charge in [0.15, 0.2) is 6.29 Å². The molecule has 1 rings (SSSR count). The second-order valence-corrected chi connectivity index (χ2v) is 14.8. The van der Waals surface area contributed by atoms with Crippen molar-refractivity contribution >= 4 is 5.97 Å². The molecule has 1 aliphatic heterocycles. The van der Waals surface area contributed by atoms with Crippen molar-refractivity contribution in [1.29, 1.82) is 0 Å². The molecule has 326 valence electrons. The third-order valence-electron chi connectivity index (χ3n) is 9.53. The zero-order valence-corrected chi connectivity index (χ0v) is 35.6. The molecule has 1 fully saturated rings. The molecule has 0 aromatic carbocycles. The SMILES string of the molecule is CC/C=C\C/C=C\C/C=C\C/C=C\C/C=C\C/C=C\CCCCCCC(=O)OC(COCCCCCCCC/C=C\CCC)COC1OC(CO)C(O)C(O)C1O. The lowest BCUT2D eigenvalue weighted by Gasteiger charge is -2.39. The quantitative estimate of drug-likeness (QED) is 0.0278. The molecule has 6 atom stereocenters. The van der Waals surface area contributed by atoms with Crippen molar-refractivity contribution in [3.8, 4) is 0 Å². The van der Waals surface area contributed by atoms with Crippen LogP contribution in [-0.2, 0) is 23.7 Å². The number of hydrogen-bond donors (Lipinski definition) is 4. The third kappa shape index (κ3) is 30.1. The van der Waals surface area contributed by atoms with E-state index in [4.69, 9.17) is 18.9 Å². The highest BCUT2D eigenvalue weighted by atomic mass is 16.7. The van der Waals surface area contributed by atoms with E-state index in [1.54, 1.807) is 0 Å². The van der Waals surface area contributed by atoms with Gasteiger partial charge in [0.25, 0.3) is 0 Å². The molecule has 0 spiro atoms. The van der Waals surface area contributed by atoms with Crippen molar-refractivity contribution in [3.05, 3.63) is 85.1 Å². The van der Waals surface area contributed by atoms with E-state index in [0.717, 1.165) is 103 Å². The number of carbonyl (C=O) groups is 1. The van der Waals surface area contributed by atoms with E-state index in [1.807, 2.05) is 0 Å². The van der Waals surface area contributed by atoms with Crippen LogP contribution < -0.4 is 0 Å². The Hall–Kier alpha value is -2.63. The van der Waals surface area contributed by atoms with Crippen LogP contribution in [0.2, 0.25) is 0 Å². The fourth-order valence-corrected chi connectivity index (χ4v) is 6.08. The van der Waals surface area contributed by atoms with Crippen molar-refractivity contribution in [1.82, 2.24) is 0 Å². The van der Waals surface area contributed by atoms with E-state index in [2.05, 4.69) is 98.9 Å². The van der Waals surface area contributed by atoms with E-state index in [1.165, 1.54) is 25.7 Å². The number of rotatable bonds is 36. The summed E-state index contributed by atoms with van der Waals surface area (Å²) in [6.45, 7) is 4.32. The molecule has 0 bridgehead atoms. The Morgan fingerprint density at radius 2 is 1.07 bits per heavy atom. The molecule has 1 saturated heterocycles. The number of hydrogen-bond acceptors (Lipinski definition) is 9. The van der Waals surface area contributed by atoms with E-state index in [-0.39, 0.29) is 25.6 Å². The number of unbranched alkanes of at least 4 members (excludes halogenated alkanes) is 11. The maximum Gasteiger partial charge on any atom is 0.306 e. The van der Waals surface area contributed by atoms with Gasteiger partial charge in [-0.1, -0.05) is 144 Å². The van der Waals surface area contributed by atoms with Crippen LogP contribution in [0.25, 0.3) is 0 Å². The largest absolute Gasteiger partial charge is 0.457 e. The van der Waals surface area contributed by atoms with E-state index in [0.29, 0.717) is 6.61 Å². The lowest BCUT2D eigenvalue weighted by molar-refractivity contribution is -0.305. The van der Waals surface area contributed by atoms with Crippen LogP contribution in [0, 0.1) is 0 Å². The summed E-state index contributed by atoms with van der Waals surface area (Å²) in [5.41, 5.74) is 0. The molecule has 0 saturated carbocycles. The summed E-state index contributed by atoms with van der Waals surface area (Å²) in [6.07, 6.45) is 44.7. The molecule has 0 amide bonds. The molecule has 0 aromatic rings. The van der Waals surface area contributed by atoms with Crippen molar-refractivity contribution in [2.45, 2.75) is 185 Å². The number of allylic oxidation sites excluding steroid dienone is 14. The molecular formula is C48H80O9. The van der Waals surface area contributed by atoms with Gasteiger partial charge in [-0.15, -0.1) is 0 Å². The summed E-state index contributed by atoms with van der Waals surface area (Å²) < 4.78 is 22.7. The highest BCUT2D eigenvalue weighted by molar-refractivity contribution is 5.69. The van der Waals surface area contributed by atoms with Crippen molar-refractivity contribution < 1.29 is 44.2 Å². The Balaban J connectivity index is 2.28. The maximum absolute atomic E-state index is 12.8. The molecule has 9 nitrogen and oxygen atoms in total. The monoisotopic (exact) mass is 801 g/mol. The minimum Gasteiger partial charge on any atom is -0.457 e. The second kappa shape index (κ2) is 38.9. The van der Waals surface area contributed by atoms with Crippen LogP contribution in [0.3, 0.4) is 0 Å². The molecule has 0 aliphatic carbocycles. The first-order chi connectivity index (χ1) is 27.9. The highest BCUT2D eigenvalue weighted by Gasteiger charge is 2.44. The average Bonchev–Trinajstić information content (AvgIpc) is 3.21. The maximum atomic E-state index is 12.8. The Bertz CT molecular complexity index is 1140. The molecule has 9 heteroatoms. The lowest BCUT2D eigenvalue weighted by atomic mass is 9.99. The predicted octanol–water partition coefficient (Wildman–Crippen LogP) is 9.86. The molecule has 4 N–H and O–H groups in total. The first-order valence-electron chi connectivity index (χ1n) is 22.2. The van der Waals surface area contributed by atoms with Gasteiger partial charge >= 0.3 is 5.97 Å². The minimum absolute atomic E-state index is 0.124. The number of aliphatic hydroxyl groups is 4. The van der Waals surface area contributed by atoms with Crippen LogP contribution in [0.1, 0.15) is 149 Å². The third-order valence-corrected chi connectivity index (χ3v) is 9.53. The van der Waals surface area contributed by atoms with E-state index in [9.17, 15) is 25.2 Å². The molecule has 57 heavy (non-hydrogen) atoms. The van der Waals surface area contributed by atoms with E-state index >= 15 is 0 Å². The normalized spacial score (nSPS) is 21.3. The molecule has 0 radical (unpaired) electrons. The average molecular weight is 801 g/mol. The van der Waals surface area contributed by atoms with Crippen LogP contribution in [0.5, 0.6) is 0 Å². The summed E-state index contributed by atoms with van der Waals surface area (Å²) in [7, 11) is 0. The minimum atomic E-state index is -1.55. The molecule has 1 aliphatic rings. The number of ether oxygens (including phenoxy) is 4. The molecule has 0 aromatic heterocycles. The topological polar surface area (TPSA) is 135 Å². The van der Waals surface area contributed by atoms with E-state index < -0.39 is 43.4 Å². The Kier molecular flexibility index (Phi) is 35.7. The van der Waals surface area contributed by atoms with Gasteiger partial charge in [-0.3, -0.25) is 4.79 Å². The summed E-state index contributed by atoms with van der Waals surface area (Å²) >= 11 is 0. The van der Waals surface area contributed by atoms with Gasteiger partial charge in [0, 0.05) is 13.0 Å². The lowest BCUT2D eigenvalue weighted by Crippen LogP contribution is -2.59. The fourth-order valence-electron chi connectivity index (χ4n) is 6.08. The molecule has 1 heterocycles. The van der Waals surface area contributed by atoms with Crippen molar-refractivity contribution in [2.24, 2.45) is 0 Å². The Morgan fingerprint density at radius 1 is 0.579 bits per heavy atom. The second-order valence-electron chi connectivity index (χ2n) is 14.8. The van der Waals surface area contributed by atoms with Crippen LogP contribution in [-0.4, -0.2) is 89.6 Å². The van der Waals surface area contributed by atoms with Gasteiger partial charge in [0.1, 0.15) is 30.5 Å². The first-order valence-corrected chi connectivity index (χ1v) is 22.2. The van der Waals surface area contributed by atoms with Crippen molar-refractivity contribution in [2.75, 3.05) is 26.4 Å². The molecule has 6 unspecified atom stereocenters. The molecular weight excluding hydrogens is 721 g/mol. The fraction of sp³-hybridized carbons (Fsp3) is 0.688. The summed E-state index contributed by atoms with van der Waals surface area (Å²) in [5, 5.41) is 40.1. The standard InChI is InChI=1S/C48H80O9/c1-3-5-7-9-11-13-15-16-17-18-19-20-21-22-23-24-25-26-27-29-31-33-35-37-44(50)56-42(41-55-48-47(53)46(52)45(51)43(39-49)57-48)40-54-38-36-34-32-30-28-14-12-10-8-6-4-2/h5,7-8,10-11,13,16-17,19-20,22-23,25-26,42-43,45-49,51-53H,3-4,6,9,12,14-15,18,21,24,27-41H2,1-2H3/b7-5-,10-8-,13-11-,17-16-,20-19-,23-22-,26-25-. The predicted molar refractivity (Wildman–Crippen MR) is 233 cm³/mol.